The minimum absolute atomic E-state index is 0.0329. The van der Waals surface area contributed by atoms with Gasteiger partial charge in [0.15, 0.2) is 20.7 Å². The number of sulfone groups is 1. The van der Waals surface area contributed by atoms with Crippen LogP contribution in [0.2, 0.25) is 0 Å². The van der Waals surface area contributed by atoms with Crippen molar-refractivity contribution in [2.24, 2.45) is 0 Å². The lowest BCUT2D eigenvalue weighted by Gasteiger charge is -2.17. The number of hydrogen-bond donors (Lipinski definition) is 1. The van der Waals surface area contributed by atoms with Crippen molar-refractivity contribution in [3.63, 3.8) is 0 Å². The van der Waals surface area contributed by atoms with Crippen LogP contribution in [0.3, 0.4) is 0 Å². The molecule has 0 saturated heterocycles. The van der Waals surface area contributed by atoms with Crippen LogP contribution >= 0.6 is 0 Å². The van der Waals surface area contributed by atoms with Gasteiger partial charge in [-0.2, -0.15) is 31.4 Å². The quantitative estimate of drug-likeness (QED) is 0.526. The molecule has 2 aromatic heterocycles. The molecule has 1 amide bonds. The maximum absolute atomic E-state index is 13.1. The molecule has 16 heteroatoms. The summed E-state index contributed by atoms with van der Waals surface area (Å²) in [6, 6.07) is -0.610. The average molecular weight is 508 g/mol. The normalized spacial score (nSPS) is 13.5. The minimum atomic E-state index is -5.12. The summed E-state index contributed by atoms with van der Waals surface area (Å²) < 4.78 is 102. The van der Waals surface area contributed by atoms with Crippen LogP contribution in [0, 0.1) is 0 Å². The van der Waals surface area contributed by atoms with E-state index in [1.807, 2.05) is 0 Å². The Bertz CT molecular complexity index is 1300. The molecule has 0 saturated carbocycles. The zero-order valence-corrected chi connectivity index (χ0v) is 18.0. The highest BCUT2D eigenvalue weighted by Gasteiger charge is 2.37. The fraction of sp³-hybridized carbons (Fsp3) is 0.278. The van der Waals surface area contributed by atoms with Gasteiger partial charge in [0, 0.05) is 24.2 Å². The summed E-state index contributed by atoms with van der Waals surface area (Å²) in [5.41, 5.74) is -4.20. The molecule has 3 rings (SSSR count). The summed E-state index contributed by atoms with van der Waals surface area (Å²) in [5, 5.41) is 9.40. The summed E-state index contributed by atoms with van der Waals surface area (Å²) in [5.74, 6) is -1.36. The minimum Gasteiger partial charge on any atom is -0.344 e. The van der Waals surface area contributed by atoms with Crippen LogP contribution in [0.25, 0.3) is 5.82 Å². The molecule has 0 aliphatic heterocycles. The Balaban J connectivity index is 1.95. The first-order valence-electron chi connectivity index (χ1n) is 9.11. The van der Waals surface area contributed by atoms with Gasteiger partial charge in [-0.15, -0.1) is 9.90 Å². The Morgan fingerprint density at radius 1 is 1.00 bits per heavy atom. The maximum atomic E-state index is 13.1. The van der Waals surface area contributed by atoms with E-state index in [4.69, 9.17) is 0 Å². The van der Waals surface area contributed by atoms with E-state index in [-0.39, 0.29) is 22.6 Å². The molecule has 34 heavy (non-hydrogen) atoms. The number of amides is 1. The third-order valence-corrected chi connectivity index (χ3v) is 5.30. The van der Waals surface area contributed by atoms with Crippen molar-refractivity contribution in [1.29, 1.82) is 0 Å². The summed E-state index contributed by atoms with van der Waals surface area (Å²) in [7, 11) is -3.71. The molecule has 0 fully saturated rings. The van der Waals surface area contributed by atoms with Crippen LogP contribution in [0.1, 0.15) is 40.1 Å². The fourth-order valence-corrected chi connectivity index (χ4v) is 3.22. The molecule has 0 bridgehead atoms. The first-order chi connectivity index (χ1) is 15.6. The number of halogens is 6. The van der Waals surface area contributed by atoms with Crippen molar-refractivity contribution in [3.8, 4) is 5.82 Å². The van der Waals surface area contributed by atoms with E-state index in [1.54, 1.807) is 0 Å². The van der Waals surface area contributed by atoms with Gasteiger partial charge in [0.25, 0.3) is 5.91 Å². The molecule has 1 atom stereocenters. The molecule has 0 spiro atoms. The lowest BCUT2D eigenvalue weighted by molar-refractivity contribution is -0.143. The summed E-state index contributed by atoms with van der Waals surface area (Å²) in [4.78, 5) is 21.3. The zero-order chi connectivity index (χ0) is 25.5. The first-order valence-corrected chi connectivity index (χ1v) is 11.0. The second-order valence-electron chi connectivity index (χ2n) is 7.00. The second kappa shape index (κ2) is 8.66. The number of hydrogen-bond acceptors (Lipinski definition) is 7. The molecule has 3 aromatic rings. The van der Waals surface area contributed by atoms with Gasteiger partial charge in [-0.1, -0.05) is 0 Å². The van der Waals surface area contributed by atoms with Gasteiger partial charge >= 0.3 is 12.4 Å². The third kappa shape index (κ3) is 5.49. The number of alkyl halides is 6. The highest BCUT2D eigenvalue weighted by Crippen LogP contribution is 2.36. The number of benzene rings is 1. The molecule has 182 valence electrons. The Labute approximate surface area is 187 Å². The standard InChI is InChI=1S/C18H14F6N6O3S/c1-9(14-15(26-4-3-25-14)30-27-8-13(29-30)34(2,32)33)28-16(31)10-5-11(17(19,20)21)7-12(6-10)18(22,23)24/h3-9H,1-2H3,(H,28,31). The summed E-state index contributed by atoms with van der Waals surface area (Å²) in [6.07, 6.45) is -6.00. The van der Waals surface area contributed by atoms with Gasteiger partial charge in [0.05, 0.1) is 23.4 Å². The molecule has 1 unspecified atom stereocenters. The van der Waals surface area contributed by atoms with Gasteiger partial charge in [-0.25, -0.2) is 13.4 Å². The van der Waals surface area contributed by atoms with Crippen LogP contribution in [-0.4, -0.2) is 45.5 Å². The smallest absolute Gasteiger partial charge is 0.344 e. The molecule has 9 nitrogen and oxygen atoms in total. The SMILES string of the molecule is CC(NC(=O)c1cc(C(F)(F)F)cc(C(F)(F)F)c1)c1nccnc1-n1ncc(S(C)(=O)=O)n1. The third-order valence-electron chi connectivity index (χ3n) is 4.35. The molecular formula is C18H14F6N6O3S. The molecule has 1 aromatic carbocycles. The Kier molecular flexibility index (Phi) is 6.38. The molecule has 0 aliphatic carbocycles. The molecule has 0 radical (unpaired) electrons. The highest BCUT2D eigenvalue weighted by atomic mass is 32.2. The van der Waals surface area contributed by atoms with Gasteiger partial charge in [-0.3, -0.25) is 9.78 Å². The number of rotatable bonds is 5. The Hall–Kier alpha value is -3.56. The largest absolute Gasteiger partial charge is 0.416 e. The van der Waals surface area contributed by atoms with Crippen molar-refractivity contribution in [2.75, 3.05) is 6.26 Å². The van der Waals surface area contributed by atoms with E-state index >= 15 is 0 Å². The maximum Gasteiger partial charge on any atom is 0.416 e. The van der Waals surface area contributed by atoms with Crippen molar-refractivity contribution >= 4 is 15.7 Å². The number of carbonyl (C=O) groups excluding carboxylic acids is 1. The van der Waals surface area contributed by atoms with Gasteiger partial charge in [-0.05, 0) is 25.1 Å². The number of aromatic nitrogens is 5. The van der Waals surface area contributed by atoms with Crippen LogP contribution in [0.15, 0.2) is 41.8 Å². The number of nitrogens with zero attached hydrogens (tertiary/aromatic N) is 5. The zero-order valence-electron chi connectivity index (χ0n) is 17.2. The number of carbonyl (C=O) groups is 1. The fourth-order valence-electron chi connectivity index (χ4n) is 2.76. The average Bonchev–Trinajstić information content (AvgIpc) is 3.23. The van der Waals surface area contributed by atoms with Crippen LogP contribution in [0.4, 0.5) is 26.3 Å². The predicted octanol–water partition coefficient (Wildman–Crippen LogP) is 2.99. The molecule has 0 aliphatic rings. The summed E-state index contributed by atoms with van der Waals surface area (Å²) >= 11 is 0. The van der Waals surface area contributed by atoms with Gasteiger partial charge < -0.3 is 5.32 Å². The van der Waals surface area contributed by atoms with Crippen LogP contribution in [0.5, 0.6) is 0 Å². The summed E-state index contributed by atoms with van der Waals surface area (Å²) in [6.45, 7) is 1.34. The van der Waals surface area contributed by atoms with Crippen molar-refractivity contribution < 1.29 is 39.6 Å². The second-order valence-corrected chi connectivity index (χ2v) is 8.96. The monoisotopic (exact) mass is 508 g/mol. The van der Waals surface area contributed by atoms with Crippen molar-refractivity contribution in [1.82, 2.24) is 30.3 Å². The topological polar surface area (TPSA) is 120 Å². The molecule has 2 heterocycles. The Morgan fingerprint density at radius 2 is 1.56 bits per heavy atom. The van der Waals surface area contributed by atoms with Crippen molar-refractivity contribution in [2.45, 2.75) is 30.3 Å². The predicted molar refractivity (Wildman–Crippen MR) is 102 cm³/mol. The highest BCUT2D eigenvalue weighted by molar-refractivity contribution is 7.90. The number of nitrogens with one attached hydrogen (secondary N) is 1. The molecular weight excluding hydrogens is 494 g/mol. The Morgan fingerprint density at radius 3 is 2.06 bits per heavy atom. The van der Waals surface area contributed by atoms with Crippen molar-refractivity contribution in [3.05, 3.63) is 59.2 Å². The lowest BCUT2D eigenvalue weighted by atomic mass is 10.0. The molecule has 1 N–H and O–H groups in total. The van der Waals surface area contributed by atoms with E-state index in [1.165, 1.54) is 19.3 Å². The van der Waals surface area contributed by atoms with Gasteiger partial charge in [0.1, 0.15) is 5.69 Å². The lowest BCUT2D eigenvalue weighted by Crippen LogP contribution is -2.29. The van der Waals surface area contributed by atoms with E-state index in [9.17, 15) is 39.6 Å². The first kappa shape index (κ1) is 25.1. The van der Waals surface area contributed by atoms with E-state index in [2.05, 4.69) is 25.5 Å². The van der Waals surface area contributed by atoms with E-state index in [0.717, 1.165) is 17.2 Å². The van der Waals surface area contributed by atoms with Gasteiger partial charge in [0.2, 0.25) is 0 Å². The van der Waals surface area contributed by atoms with Crippen LogP contribution in [-0.2, 0) is 22.2 Å². The van der Waals surface area contributed by atoms with E-state index in [0.29, 0.717) is 12.1 Å². The van der Waals surface area contributed by atoms with E-state index < -0.39 is 50.8 Å². The van der Waals surface area contributed by atoms with Crippen LogP contribution < -0.4 is 5.32 Å².